The average molecular weight is 333 g/mol. The number of unbranched alkanes of at least 4 members (excludes halogenated alkanes) is 2. The number of benzene rings is 3. The Kier molecular flexibility index (Phi) is 5.68. The Hall–Kier alpha value is -2.81. The van der Waals surface area contributed by atoms with E-state index in [0.29, 0.717) is 17.9 Å². The molecule has 0 heterocycles. The highest BCUT2D eigenvalue weighted by Gasteiger charge is 2.12. The number of hydrogen-bond acceptors (Lipinski definition) is 2. The minimum Gasteiger partial charge on any atom is -0.493 e. The molecule has 0 saturated carbocycles. The summed E-state index contributed by atoms with van der Waals surface area (Å²) in [5, 5.41) is 5.23. The van der Waals surface area contributed by atoms with Gasteiger partial charge in [-0.2, -0.15) is 0 Å². The maximum Gasteiger partial charge on any atom is 0.259 e. The first-order valence-corrected chi connectivity index (χ1v) is 8.80. The lowest BCUT2D eigenvalue weighted by molar-refractivity contribution is 0.102. The third-order valence-electron chi connectivity index (χ3n) is 4.14. The number of amides is 1. The van der Waals surface area contributed by atoms with Gasteiger partial charge in [-0.05, 0) is 41.5 Å². The SMILES string of the molecule is CCCCCOc1ccccc1C(=O)Nc1ccc2ccccc2c1. The molecule has 3 nitrogen and oxygen atoms in total. The van der Waals surface area contributed by atoms with Gasteiger partial charge < -0.3 is 10.1 Å². The molecule has 1 N–H and O–H groups in total. The van der Waals surface area contributed by atoms with E-state index in [4.69, 9.17) is 4.74 Å². The van der Waals surface area contributed by atoms with E-state index in [0.717, 1.165) is 35.7 Å². The van der Waals surface area contributed by atoms with E-state index in [1.54, 1.807) is 6.07 Å². The van der Waals surface area contributed by atoms with Crippen molar-refractivity contribution in [3.05, 3.63) is 72.3 Å². The molecule has 25 heavy (non-hydrogen) atoms. The second kappa shape index (κ2) is 8.34. The van der Waals surface area contributed by atoms with E-state index in [1.807, 2.05) is 54.6 Å². The van der Waals surface area contributed by atoms with Crippen LogP contribution >= 0.6 is 0 Å². The van der Waals surface area contributed by atoms with Gasteiger partial charge in [0.05, 0.1) is 12.2 Å². The van der Waals surface area contributed by atoms with Crippen LogP contribution in [-0.4, -0.2) is 12.5 Å². The molecule has 3 aromatic rings. The van der Waals surface area contributed by atoms with Crippen molar-refractivity contribution in [3.8, 4) is 5.75 Å². The molecule has 0 spiro atoms. The Morgan fingerprint density at radius 2 is 1.68 bits per heavy atom. The summed E-state index contributed by atoms with van der Waals surface area (Å²) in [5.74, 6) is 0.485. The normalized spacial score (nSPS) is 10.6. The lowest BCUT2D eigenvalue weighted by Crippen LogP contribution is -2.14. The predicted molar refractivity (Wildman–Crippen MR) is 103 cm³/mol. The second-order valence-electron chi connectivity index (χ2n) is 6.07. The molecule has 0 saturated heterocycles. The maximum atomic E-state index is 12.7. The van der Waals surface area contributed by atoms with Crippen LogP contribution in [0.4, 0.5) is 5.69 Å². The molecule has 1 amide bonds. The Labute approximate surface area is 148 Å². The Balaban J connectivity index is 1.73. The van der Waals surface area contributed by atoms with Crippen LogP contribution in [0.5, 0.6) is 5.75 Å². The molecular weight excluding hydrogens is 310 g/mol. The van der Waals surface area contributed by atoms with Gasteiger partial charge in [0.25, 0.3) is 5.91 Å². The highest BCUT2D eigenvalue weighted by molar-refractivity contribution is 6.07. The number of nitrogens with one attached hydrogen (secondary N) is 1. The van der Waals surface area contributed by atoms with E-state index >= 15 is 0 Å². The number of fused-ring (bicyclic) bond motifs is 1. The summed E-state index contributed by atoms with van der Waals surface area (Å²) in [7, 11) is 0. The molecule has 0 aliphatic rings. The molecule has 0 aliphatic heterocycles. The number of para-hydroxylation sites is 1. The first-order chi connectivity index (χ1) is 12.3. The van der Waals surface area contributed by atoms with Crippen molar-refractivity contribution in [3.63, 3.8) is 0 Å². The van der Waals surface area contributed by atoms with Crippen LogP contribution in [0.2, 0.25) is 0 Å². The van der Waals surface area contributed by atoms with Crippen LogP contribution in [0, 0.1) is 0 Å². The van der Waals surface area contributed by atoms with Crippen LogP contribution in [0.15, 0.2) is 66.7 Å². The van der Waals surface area contributed by atoms with Gasteiger partial charge in [0.1, 0.15) is 5.75 Å². The molecule has 0 fully saturated rings. The second-order valence-corrected chi connectivity index (χ2v) is 6.07. The van der Waals surface area contributed by atoms with Crippen molar-refractivity contribution in [2.24, 2.45) is 0 Å². The highest BCUT2D eigenvalue weighted by Crippen LogP contribution is 2.22. The number of ether oxygens (including phenoxy) is 1. The van der Waals surface area contributed by atoms with Gasteiger partial charge in [-0.15, -0.1) is 0 Å². The summed E-state index contributed by atoms with van der Waals surface area (Å²) in [6.45, 7) is 2.79. The molecule has 0 aromatic heterocycles. The van der Waals surface area contributed by atoms with E-state index in [9.17, 15) is 4.79 Å². The Bertz CT molecular complexity index is 857. The first kappa shape index (κ1) is 17.0. The largest absolute Gasteiger partial charge is 0.493 e. The monoisotopic (exact) mass is 333 g/mol. The van der Waals surface area contributed by atoms with Crippen molar-refractivity contribution < 1.29 is 9.53 Å². The quantitative estimate of drug-likeness (QED) is 0.566. The predicted octanol–water partition coefficient (Wildman–Crippen LogP) is 5.66. The van der Waals surface area contributed by atoms with E-state index in [1.165, 1.54) is 0 Å². The zero-order valence-electron chi connectivity index (χ0n) is 14.5. The minimum absolute atomic E-state index is 0.152. The molecule has 3 aromatic carbocycles. The molecule has 0 radical (unpaired) electrons. The molecule has 0 bridgehead atoms. The summed E-state index contributed by atoms with van der Waals surface area (Å²) in [6.07, 6.45) is 3.27. The zero-order valence-corrected chi connectivity index (χ0v) is 14.5. The average Bonchev–Trinajstić information content (AvgIpc) is 2.65. The van der Waals surface area contributed by atoms with Crippen LogP contribution in [0.3, 0.4) is 0 Å². The summed E-state index contributed by atoms with van der Waals surface area (Å²) in [4.78, 5) is 12.7. The van der Waals surface area contributed by atoms with Crippen molar-refractivity contribution in [1.82, 2.24) is 0 Å². The molecule has 0 atom stereocenters. The van der Waals surface area contributed by atoms with Gasteiger partial charge in [0, 0.05) is 5.69 Å². The fraction of sp³-hybridized carbons (Fsp3) is 0.227. The van der Waals surface area contributed by atoms with Gasteiger partial charge in [-0.1, -0.05) is 62.2 Å². The standard InChI is InChI=1S/C22H23NO2/c1-2-3-8-15-25-21-12-7-6-11-20(21)22(24)23-19-14-13-17-9-4-5-10-18(17)16-19/h4-7,9-14,16H,2-3,8,15H2,1H3,(H,23,24). The van der Waals surface area contributed by atoms with Gasteiger partial charge >= 0.3 is 0 Å². The maximum absolute atomic E-state index is 12.7. The van der Waals surface area contributed by atoms with Crippen LogP contribution in [-0.2, 0) is 0 Å². The first-order valence-electron chi connectivity index (χ1n) is 8.80. The van der Waals surface area contributed by atoms with Gasteiger partial charge in [0.2, 0.25) is 0 Å². The number of carbonyl (C=O) groups excluding carboxylic acids is 1. The van der Waals surface area contributed by atoms with E-state index < -0.39 is 0 Å². The molecule has 0 aliphatic carbocycles. The van der Waals surface area contributed by atoms with Crippen molar-refractivity contribution in [1.29, 1.82) is 0 Å². The molecular formula is C22H23NO2. The Morgan fingerprint density at radius 3 is 2.52 bits per heavy atom. The zero-order chi connectivity index (χ0) is 17.5. The molecule has 3 rings (SSSR count). The molecule has 128 valence electrons. The highest BCUT2D eigenvalue weighted by atomic mass is 16.5. The summed E-state index contributed by atoms with van der Waals surface area (Å²) in [6, 6.07) is 21.4. The van der Waals surface area contributed by atoms with Crippen LogP contribution in [0.25, 0.3) is 10.8 Å². The van der Waals surface area contributed by atoms with Crippen molar-refractivity contribution >= 4 is 22.4 Å². The van der Waals surface area contributed by atoms with Gasteiger partial charge in [0.15, 0.2) is 0 Å². The van der Waals surface area contributed by atoms with Gasteiger partial charge in [-0.3, -0.25) is 4.79 Å². The Morgan fingerprint density at radius 1 is 0.920 bits per heavy atom. The third-order valence-corrected chi connectivity index (χ3v) is 4.14. The number of rotatable bonds is 7. The van der Waals surface area contributed by atoms with Crippen LogP contribution < -0.4 is 10.1 Å². The minimum atomic E-state index is -0.152. The summed E-state index contributed by atoms with van der Waals surface area (Å²) in [5.41, 5.74) is 1.34. The van der Waals surface area contributed by atoms with E-state index in [-0.39, 0.29) is 5.91 Å². The number of carbonyl (C=O) groups is 1. The smallest absolute Gasteiger partial charge is 0.259 e. The summed E-state index contributed by atoms with van der Waals surface area (Å²) < 4.78 is 5.81. The van der Waals surface area contributed by atoms with Crippen LogP contribution in [0.1, 0.15) is 36.5 Å². The van der Waals surface area contributed by atoms with Crippen molar-refractivity contribution in [2.75, 3.05) is 11.9 Å². The fourth-order valence-electron chi connectivity index (χ4n) is 2.78. The summed E-state index contributed by atoms with van der Waals surface area (Å²) >= 11 is 0. The fourth-order valence-corrected chi connectivity index (χ4v) is 2.78. The molecule has 3 heteroatoms. The van der Waals surface area contributed by atoms with E-state index in [2.05, 4.69) is 18.3 Å². The third kappa shape index (κ3) is 4.38. The molecule has 0 unspecified atom stereocenters. The lowest BCUT2D eigenvalue weighted by atomic mass is 10.1. The topological polar surface area (TPSA) is 38.3 Å². The number of hydrogen-bond donors (Lipinski definition) is 1. The lowest BCUT2D eigenvalue weighted by Gasteiger charge is -2.12. The van der Waals surface area contributed by atoms with Gasteiger partial charge in [-0.25, -0.2) is 0 Å². The number of anilines is 1. The van der Waals surface area contributed by atoms with Crippen molar-refractivity contribution in [2.45, 2.75) is 26.2 Å².